The summed E-state index contributed by atoms with van der Waals surface area (Å²) < 4.78 is 4.13. The van der Waals surface area contributed by atoms with Crippen molar-refractivity contribution in [2.75, 3.05) is 13.1 Å². The lowest BCUT2D eigenvalue weighted by Crippen LogP contribution is -2.37. The van der Waals surface area contributed by atoms with Crippen LogP contribution in [0.5, 0.6) is 0 Å². The van der Waals surface area contributed by atoms with Crippen LogP contribution in [0.25, 0.3) is 6.08 Å². The summed E-state index contributed by atoms with van der Waals surface area (Å²) in [5, 5.41) is 11.9. The van der Waals surface area contributed by atoms with Crippen LogP contribution in [0.4, 0.5) is 0 Å². The SMILES string of the molecule is Cc1nn(C)c(Cl)c1/C=C/C(=O)N1CCC(c2n[nH]c(=S)n2C)CC1. The molecular weight excluding hydrogens is 360 g/mol. The number of aryl methyl sites for hydroxylation is 2. The topological polar surface area (TPSA) is 71.7 Å². The molecule has 7 nitrogen and oxygen atoms in total. The summed E-state index contributed by atoms with van der Waals surface area (Å²) in [6.07, 6.45) is 5.07. The predicted molar refractivity (Wildman–Crippen MR) is 98.9 cm³/mol. The molecule has 134 valence electrons. The minimum Gasteiger partial charge on any atom is -0.339 e. The van der Waals surface area contributed by atoms with Crippen LogP contribution < -0.4 is 0 Å². The van der Waals surface area contributed by atoms with E-state index in [1.54, 1.807) is 23.9 Å². The van der Waals surface area contributed by atoms with Gasteiger partial charge in [-0.05, 0) is 38.1 Å². The van der Waals surface area contributed by atoms with Gasteiger partial charge in [-0.2, -0.15) is 10.2 Å². The number of aromatic amines is 1. The number of piperidine rings is 1. The summed E-state index contributed by atoms with van der Waals surface area (Å²) in [6, 6.07) is 0. The fourth-order valence-corrected chi connectivity index (χ4v) is 3.55. The molecule has 25 heavy (non-hydrogen) atoms. The highest BCUT2D eigenvalue weighted by Gasteiger charge is 2.25. The van der Waals surface area contributed by atoms with E-state index >= 15 is 0 Å². The van der Waals surface area contributed by atoms with Crippen molar-refractivity contribution in [2.24, 2.45) is 14.1 Å². The van der Waals surface area contributed by atoms with Gasteiger partial charge in [0.05, 0.1) is 5.69 Å². The molecule has 0 unspecified atom stereocenters. The molecule has 1 fully saturated rings. The third-order valence-corrected chi connectivity index (χ3v) is 5.49. The number of halogens is 1. The second kappa shape index (κ2) is 7.13. The van der Waals surface area contributed by atoms with Gasteiger partial charge in [0.1, 0.15) is 11.0 Å². The Morgan fingerprint density at radius 1 is 1.36 bits per heavy atom. The molecule has 0 bridgehead atoms. The number of amides is 1. The van der Waals surface area contributed by atoms with Crippen LogP contribution in [0.3, 0.4) is 0 Å². The van der Waals surface area contributed by atoms with Crippen LogP contribution in [-0.4, -0.2) is 48.4 Å². The van der Waals surface area contributed by atoms with Crippen molar-refractivity contribution in [3.8, 4) is 0 Å². The fraction of sp³-hybridized carbons (Fsp3) is 0.500. The van der Waals surface area contributed by atoms with Gasteiger partial charge in [-0.1, -0.05) is 11.6 Å². The molecule has 2 aromatic rings. The Balaban J connectivity index is 1.63. The molecule has 0 atom stereocenters. The molecule has 0 saturated carbocycles. The van der Waals surface area contributed by atoms with Crippen LogP contribution in [0.15, 0.2) is 6.08 Å². The normalized spacial score (nSPS) is 16.1. The Hall–Kier alpha value is -1.93. The van der Waals surface area contributed by atoms with Crippen molar-refractivity contribution < 1.29 is 4.79 Å². The number of nitrogens with zero attached hydrogens (tertiary/aromatic N) is 5. The molecule has 2 aromatic heterocycles. The third-order valence-electron chi connectivity index (χ3n) is 4.67. The number of likely N-dealkylation sites (tertiary alicyclic amines) is 1. The fourth-order valence-electron chi connectivity index (χ4n) is 3.18. The van der Waals surface area contributed by atoms with Gasteiger partial charge in [-0.3, -0.25) is 14.6 Å². The smallest absolute Gasteiger partial charge is 0.246 e. The molecular formula is C16H21ClN6OS. The van der Waals surface area contributed by atoms with Crippen LogP contribution in [0.1, 0.15) is 35.8 Å². The van der Waals surface area contributed by atoms with Crippen LogP contribution >= 0.6 is 23.8 Å². The van der Waals surface area contributed by atoms with E-state index in [0.29, 0.717) is 28.9 Å². The maximum absolute atomic E-state index is 12.4. The van der Waals surface area contributed by atoms with E-state index in [-0.39, 0.29) is 5.91 Å². The van der Waals surface area contributed by atoms with Crippen molar-refractivity contribution >= 4 is 35.8 Å². The summed E-state index contributed by atoms with van der Waals surface area (Å²) in [6.45, 7) is 3.28. The average molecular weight is 381 g/mol. The molecule has 0 spiro atoms. The van der Waals surface area contributed by atoms with Gasteiger partial charge in [0.15, 0.2) is 4.77 Å². The lowest BCUT2D eigenvalue weighted by Gasteiger charge is -2.30. The quantitative estimate of drug-likeness (QED) is 0.656. The molecule has 1 amide bonds. The number of hydrogen-bond donors (Lipinski definition) is 1. The van der Waals surface area contributed by atoms with Crippen LogP contribution in [-0.2, 0) is 18.9 Å². The Morgan fingerprint density at radius 2 is 2.04 bits per heavy atom. The predicted octanol–water partition coefficient (Wildman–Crippen LogP) is 2.59. The molecule has 1 N–H and O–H groups in total. The lowest BCUT2D eigenvalue weighted by atomic mass is 9.96. The number of H-pyrrole nitrogens is 1. The molecule has 9 heteroatoms. The minimum absolute atomic E-state index is 0.00636. The minimum atomic E-state index is -0.00636. The summed E-state index contributed by atoms with van der Waals surface area (Å²) in [5.74, 6) is 1.28. The van der Waals surface area contributed by atoms with Gasteiger partial charge in [0.2, 0.25) is 5.91 Å². The van der Waals surface area contributed by atoms with Crippen molar-refractivity contribution in [1.29, 1.82) is 0 Å². The van der Waals surface area contributed by atoms with Gasteiger partial charge in [0, 0.05) is 44.7 Å². The first-order chi connectivity index (χ1) is 11.9. The largest absolute Gasteiger partial charge is 0.339 e. The molecule has 0 radical (unpaired) electrons. The van der Waals surface area contributed by atoms with Crippen molar-refractivity contribution in [3.05, 3.63) is 33.1 Å². The number of carbonyl (C=O) groups excluding carboxylic acids is 1. The summed E-state index contributed by atoms with van der Waals surface area (Å²) in [4.78, 5) is 14.3. The summed E-state index contributed by atoms with van der Waals surface area (Å²) in [7, 11) is 3.70. The van der Waals surface area contributed by atoms with E-state index in [1.807, 2.05) is 23.4 Å². The van der Waals surface area contributed by atoms with Crippen LogP contribution in [0.2, 0.25) is 5.15 Å². The molecule has 0 aromatic carbocycles. The van der Waals surface area contributed by atoms with Crippen molar-refractivity contribution in [3.63, 3.8) is 0 Å². The first-order valence-corrected chi connectivity index (χ1v) is 8.94. The van der Waals surface area contributed by atoms with Gasteiger partial charge in [0.25, 0.3) is 0 Å². The molecule has 1 saturated heterocycles. The van der Waals surface area contributed by atoms with E-state index in [1.165, 1.54) is 0 Å². The highest BCUT2D eigenvalue weighted by Crippen LogP contribution is 2.26. The molecule has 1 aliphatic rings. The van der Waals surface area contributed by atoms with E-state index in [2.05, 4.69) is 15.3 Å². The second-order valence-corrected chi connectivity index (χ2v) is 7.04. The highest BCUT2D eigenvalue weighted by atomic mass is 35.5. The van der Waals surface area contributed by atoms with E-state index in [0.717, 1.165) is 29.9 Å². The molecule has 3 heterocycles. The standard InChI is InChI=1S/C16H21ClN6OS/c1-10-12(14(17)22(3)20-10)4-5-13(24)23-8-6-11(7-9-23)15-18-19-16(25)21(15)2/h4-5,11H,6-9H2,1-3H3,(H,19,25)/b5-4+. The summed E-state index contributed by atoms with van der Waals surface area (Å²) in [5.41, 5.74) is 1.59. The van der Waals surface area contributed by atoms with Gasteiger partial charge < -0.3 is 9.47 Å². The van der Waals surface area contributed by atoms with Crippen molar-refractivity contribution in [1.82, 2.24) is 29.4 Å². The van der Waals surface area contributed by atoms with Crippen LogP contribution in [0, 0.1) is 11.7 Å². The van der Waals surface area contributed by atoms with Gasteiger partial charge >= 0.3 is 0 Å². The number of rotatable bonds is 3. The zero-order valence-electron chi connectivity index (χ0n) is 14.5. The summed E-state index contributed by atoms with van der Waals surface area (Å²) >= 11 is 11.4. The number of hydrogen-bond acceptors (Lipinski definition) is 4. The first-order valence-electron chi connectivity index (χ1n) is 8.16. The number of carbonyl (C=O) groups is 1. The Kier molecular flexibility index (Phi) is 5.10. The van der Waals surface area contributed by atoms with Crippen molar-refractivity contribution in [2.45, 2.75) is 25.7 Å². The number of aromatic nitrogens is 5. The lowest BCUT2D eigenvalue weighted by molar-refractivity contribution is -0.127. The van der Waals surface area contributed by atoms with Gasteiger partial charge in [-0.25, -0.2) is 0 Å². The Morgan fingerprint density at radius 3 is 2.56 bits per heavy atom. The second-order valence-electron chi connectivity index (χ2n) is 6.29. The molecule has 1 aliphatic heterocycles. The highest BCUT2D eigenvalue weighted by molar-refractivity contribution is 7.71. The zero-order chi connectivity index (χ0) is 18.1. The van der Waals surface area contributed by atoms with Gasteiger partial charge in [-0.15, -0.1) is 0 Å². The zero-order valence-corrected chi connectivity index (χ0v) is 16.1. The molecule has 3 rings (SSSR count). The Bertz CT molecular complexity index is 872. The monoisotopic (exact) mass is 380 g/mol. The third kappa shape index (κ3) is 3.55. The van der Waals surface area contributed by atoms with E-state index in [4.69, 9.17) is 23.8 Å². The number of nitrogens with one attached hydrogen (secondary N) is 1. The van der Waals surface area contributed by atoms with E-state index < -0.39 is 0 Å². The maximum atomic E-state index is 12.4. The maximum Gasteiger partial charge on any atom is 0.246 e. The van der Waals surface area contributed by atoms with E-state index in [9.17, 15) is 4.79 Å². The molecule has 0 aliphatic carbocycles. The Labute approximate surface area is 156 Å². The first kappa shape index (κ1) is 17.9. The average Bonchev–Trinajstić information content (AvgIpc) is 3.05.